The van der Waals surface area contributed by atoms with Gasteiger partial charge in [-0.15, -0.1) is 0 Å². The Hall–Kier alpha value is -2.74. The molecule has 3 aliphatic rings. The van der Waals surface area contributed by atoms with Crippen molar-refractivity contribution >= 4 is 16.1 Å². The van der Waals surface area contributed by atoms with Gasteiger partial charge in [-0.3, -0.25) is 0 Å². The largest absolute Gasteiger partial charge is 0.497 e. The number of sulfonamides is 1. The predicted molar refractivity (Wildman–Crippen MR) is 152 cm³/mol. The van der Waals surface area contributed by atoms with Gasteiger partial charge in [0.25, 0.3) is 0 Å². The van der Waals surface area contributed by atoms with Crippen LogP contribution in [0, 0.1) is 17.8 Å². The van der Waals surface area contributed by atoms with E-state index in [0.717, 1.165) is 12.0 Å². The third-order valence-electron chi connectivity index (χ3n) is 8.00. The van der Waals surface area contributed by atoms with Crippen molar-refractivity contribution in [3.63, 3.8) is 0 Å². The molecule has 11 nitrogen and oxygen atoms in total. The Morgan fingerprint density at radius 3 is 2.50 bits per heavy atom. The van der Waals surface area contributed by atoms with E-state index < -0.39 is 40.7 Å². The van der Waals surface area contributed by atoms with E-state index in [1.54, 1.807) is 12.1 Å². The van der Waals surface area contributed by atoms with E-state index in [9.17, 15) is 18.3 Å². The van der Waals surface area contributed by atoms with Crippen molar-refractivity contribution in [1.82, 2.24) is 9.62 Å². The van der Waals surface area contributed by atoms with Crippen LogP contribution in [0.4, 0.5) is 4.79 Å². The smallest absolute Gasteiger partial charge is 0.407 e. The number of benzene rings is 2. The molecule has 0 aliphatic carbocycles. The maximum Gasteiger partial charge on any atom is 0.407 e. The molecule has 0 bridgehead atoms. The van der Waals surface area contributed by atoms with Crippen LogP contribution < -0.4 is 10.1 Å². The molecule has 2 aromatic carbocycles. The number of fused-ring (bicyclic) bond motifs is 3. The molecule has 3 saturated heterocycles. The first-order valence-corrected chi connectivity index (χ1v) is 15.8. The molecule has 12 heteroatoms. The highest BCUT2D eigenvalue weighted by Gasteiger charge is 2.56. The number of nitrogens with one attached hydrogen (secondary N) is 1. The van der Waals surface area contributed by atoms with Gasteiger partial charge in [-0.1, -0.05) is 44.2 Å². The average molecular weight is 605 g/mol. The van der Waals surface area contributed by atoms with Crippen molar-refractivity contribution in [2.24, 2.45) is 17.8 Å². The summed E-state index contributed by atoms with van der Waals surface area (Å²) in [6.07, 6.45) is -2.21. The van der Waals surface area contributed by atoms with Crippen molar-refractivity contribution in [1.29, 1.82) is 0 Å². The van der Waals surface area contributed by atoms with E-state index >= 15 is 0 Å². The van der Waals surface area contributed by atoms with Crippen LogP contribution in [0.25, 0.3) is 0 Å². The number of amides is 1. The Bertz CT molecular complexity index is 1290. The van der Waals surface area contributed by atoms with E-state index in [0.29, 0.717) is 12.4 Å². The molecule has 2 aromatic rings. The first kappa shape index (κ1) is 30.7. The van der Waals surface area contributed by atoms with Crippen molar-refractivity contribution in [2.75, 3.05) is 33.4 Å². The summed E-state index contributed by atoms with van der Waals surface area (Å²) in [6, 6.07) is 14.7. The molecule has 5 rings (SSSR count). The molecule has 7 atom stereocenters. The number of carbonyl (C=O) groups excluding carboxylic acids is 1. The number of ether oxygens (including phenoxy) is 5. The van der Waals surface area contributed by atoms with Crippen molar-refractivity contribution < 1.29 is 42.0 Å². The zero-order valence-electron chi connectivity index (χ0n) is 24.1. The SMILES string of the molecule is COc1ccc(S(=O)(=O)N(CC(C)C)C[C@@H](O)[C@H](Cc2ccccc2)NC(=O)O[C@H]2CO[C@@H]3O[C@H]4OCC[C@H]4[C@@H]32)cc1. The second-order valence-electron chi connectivity index (χ2n) is 11.4. The minimum atomic E-state index is -3.96. The van der Waals surface area contributed by atoms with Crippen LogP contribution in [-0.2, 0) is 35.4 Å². The quantitative estimate of drug-likeness (QED) is 0.375. The number of aliphatic hydroxyl groups excluding tert-OH is 1. The maximum absolute atomic E-state index is 13.7. The lowest BCUT2D eigenvalue weighted by Gasteiger charge is -2.31. The van der Waals surface area contributed by atoms with E-state index in [1.807, 2.05) is 44.2 Å². The highest BCUT2D eigenvalue weighted by molar-refractivity contribution is 7.89. The van der Waals surface area contributed by atoms with Crippen LogP contribution >= 0.6 is 0 Å². The Kier molecular flexibility index (Phi) is 9.70. The average Bonchev–Trinajstić information content (AvgIpc) is 3.66. The lowest BCUT2D eigenvalue weighted by atomic mass is 9.89. The lowest BCUT2D eigenvalue weighted by molar-refractivity contribution is -0.188. The minimum Gasteiger partial charge on any atom is -0.497 e. The van der Waals surface area contributed by atoms with Gasteiger partial charge in [-0.2, -0.15) is 4.31 Å². The van der Waals surface area contributed by atoms with Gasteiger partial charge < -0.3 is 34.1 Å². The van der Waals surface area contributed by atoms with Crippen LogP contribution in [0.15, 0.2) is 59.5 Å². The Morgan fingerprint density at radius 2 is 1.81 bits per heavy atom. The predicted octanol–water partition coefficient (Wildman–Crippen LogP) is 2.77. The molecule has 2 N–H and O–H groups in total. The molecular formula is C30H40N2O9S. The summed E-state index contributed by atoms with van der Waals surface area (Å²) in [5, 5.41) is 14.3. The second kappa shape index (κ2) is 13.3. The van der Waals surface area contributed by atoms with Crippen LogP contribution in [0.2, 0.25) is 0 Å². The fourth-order valence-corrected chi connectivity index (χ4v) is 7.54. The maximum atomic E-state index is 13.7. The Balaban J connectivity index is 1.31. The monoisotopic (exact) mass is 604 g/mol. The number of aliphatic hydroxyl groups is 1. The molecule has 3 fully saturated rings. The summed E-state index contributed by atoms with van der Waals surface area (Å²) < 4.78 is 56.7. The summed E-state index contributed by atoms with van der Waals surface area (Å²) in [5.74, 6) is 0.489. The summed E-state index contributed by atoms with van der Waals surface area (Å²) in [7, 11) is -2.45. The lowest BCUT2D eigenvalue weighted by Crippen LogP contribution is -2.52. The molecule has 1 amide bonds. The number of nitrogens with zero attached hydrogens (tertiary/aromatic N) is 1. The fourth-order valence-electron chi connectivity index (χ4n) is 5.92. The molecular weight excluding hydrogens is 564 g/mol. The van der Waals surface area contributed by atoms with Crippen LogP contribution in [-0.4, -0.2) is 88.2 Å². The van der Waals surface area contributed by atoms with E-state index in [4.69, 9.17) is 23.7 Å². The Labute approximate surface area is 247 Å². The summed E-state index contributed by atoms with van der Waals surface area (Å²) in [6.45, 7) is 4.57. The van der Waals surface area contributed by atoms with E-state index in [1.165, 1.54) is 23.5 Å². The first-order chi connectivity index (χ1) is 20.2. The molecule has 3 heterocycles. The summed E-state index contributed by atoms with van der Waals surface area (Å²) in [4.78, 5) is 13.3. The van der Waals surface area contributed by atoms with E-state index in [2.05, 4.69) is 5.32 Å². The van der Waals surface area contributed by atoms with Gasteiger partial charge in [-0.05, 0) is 48.6 Å². The number of methoxy groups -OCH3 is 1. The number of rotatable bonds is 12. The van der Waals surface area contributed by atoms with Crippen LogP contribution in [0.3, 0.4) is 0 Å². The molecule has 0 aromatic heterocycles. The van der Waals surface area contributed by atoms with Gasteiger partial charge in [0.2, 0.25) is 10.0 Å². The standard InChI is InChI=1S/C30H40N2O9S/c1-19(2)16-32(42(35,36)22-11-9-21(37-3)10-12-22)17-25(33)24(15-20-7-5-4-6-8-20)31-30(34)40-26-18-39-29-27(26)23-13-14-38-28(23)41-29/h4-12,19,23-29,33H,13-18H2,1-3H3,(H,31,34)/t23-,24-,25+,26-,27+,28+,29+/m0/s1. The molecule has 230 valence electrons. The number of alkyl carbamates (subject to hydrolysis) is 1. The molecule has 0 spiro atoms. The molecule has 0 unspecified atom stereocenters. The zero-order chi connectivity index (χ0) is 29.9. The number of hydrogen-bond acceptors (Lipinski definition) is 9. The molecule has 42 heavy (non-hydrogen) atoms. The topological polar surface area (TPSA) is 133 Å². The zero-order valence-corrected chi connectivity index (χ0v) is 24.9. The van der Waals surface area contributed by atoms with Gasteiger partial charge >= 0.3 is 6.09 Å². The van der Waals surface area contributed by atoms with Gasteiger partial charge in [0.1, 0.15) is 11.9 Å². The molecule has 0 radical (unpaired) electrons. The van der Waals surface area contributed by atoms with Crippen LogP contribution in [0.5, 0.6) is 5.75 Å². The number of hydrogen-bond donors (Lipinski definition) is 2. The van der Waals surface area contributed by atoms with Crippen LogP contribution in [0.1, 0.15) is 25.8 Å². The summed E-state index contributed by atoms with van der Waals surface area (Å²) in [5.41, 5.74) is 0.870. The highest BCUT2D eigenvalue weighted by Crippen LogP contribution is 2.45. The van der Waals surface area contributed by atoms with Gasteiger partial charge in [0, 0.05) is 19.0 Å². The highest BCUT2D eigenvalue weighted by atomic mass is 32.2. The second-order valence-corrected chi connectivity index (χ2v) is 13.4. The van der Waals surface area contributed by atoms with Gasteiger partial charge in [0.05, 0.1) is 43.3 Å². The summed E-state index contributed by atoms with van der Waals surface area (Å²) >= 11 is 0. The number of carbonyl (C=O) groups is 1. The van der Waals surface area contributed by atoms with Crippen molar-refractivity contribution in [3.05, 3.63) is 60.2 Å². The van der Waals surface area contributed by atoms with Gasteiger partial charge in [0.15, 0.2) is 12.6 Å². The van der Waals surface area contributed by atoms with Gasteiger partial charge in [-0.25, -0.2) is 13.2 Å². The minimum absolute atomic E-state index is 0.0111. The Morgan fingerprint density at radius 1 is 1.07 bits per heavy atom. The molecule has 0 saturated carbocycles. The normalized spacial score (nSPS) is 26.6. The van der Waals surface area contributed by atoms with Crippen molar-refractivity contribution in [2.45, 2.75) is 62.4 Å². The fraction of sp³-hybridized carbons (Fsp3) is 0.567. The third kappa shape index (κ3) is 6.90. The van der Waals surface area contributed by atoms with E-state index in [-0.39, 0.29) is 55.1 Å². The first-order valence-electron chi connectivity index (χ1n) is 14.4. The molecule has 3 aliphatic heterocycles. The van der Waals surface area contributed by atoms with Crippen molar-refractivity contribution in [3.8, 4) is 5.75 Å². The third-order valence-corrected chi connectivity index (χ3v) is 9.84.